The summed E-state index contributed by atoms with van der Waals surface area (Å²) in [5, 5.41) is 12.3. The number of benzene rings is 1. The first-order valence-electron chi connectivity index (χ1n) is 6.07. The van der Waals surface area contributed by atoms with Crippen molar-refractivity contribution in [1.29, 1.82) is 0 Å². The summed E-state index contributed by atoms with van der Waals surface area (Å²) in [4.78, 5) is 10.7. The van der Waals surface area contributed by atoms with Crippen LogP contribution in [-0.2, 0) is 17.4 Å². The zero-order valence-electron chi connectivity index (χ0n) is 10.1. The van der Waals surface area contributed by atoms with Crippen LogP contribution in [0.3, 0.4) is 0 Å². The number of carbonyl (C=O) groups is 1. The van der Waals surface area contributed by atoms with Crippen molar-refractivity contribution in [2.24, 2.45) is 5.92 Å². The number of carbonyl (C=O) groups excluding carboxylic acids is 1. The zero-order chi connectivity index (χ0) is 14.0. The molecule has 1 saturated heterocycles. The van der Waals surface area contributed by atoms with E-state index in [4.69, 9.17) is 0 Å². The van der Waals surface area contributed by atoms with Gasteiger partial charge in [-0.2, -0.15) is 13.2 Å². The fraction of sp³-hybridized carbons (Fsp3) is 0.462. The maximum atomic E-state index is 12.8. The molecule has 19 heavy (non-hydrogen) atoms. The van der Waals surface area contributed by atoms with Gasteiger partial charge < -0.3 is 15.2 Å². The molecule has 104 valence electrons. The molecule has 2 atom stereocenters. The number of halogens is 3. The second-order valence-corrected chi connectivity index (χ2v) is 4.86. The largest absolute Gasteiger partial charge is 0.544 e. The van der Waals surface area contributed by atoms with E-state index in [-0.39, 0.29) is 17.9 Å². The molecule has 6 heteroatoms. The minimum Gasteiger partial charge on any atom is -0.544 e. The molecule has 0 aromatic heterocycles. The average molecular weight is 273 g/mol. The number of alkyl halides is 3. The topological polar surface area (TPSA) is 56.7 Å². The molecule has 1 aromatic carbocycles. The lowest BCUT2D eigenvalue weighted by molar-refractivity contribution is -0.666. The van der Waals surface area contributed by atoms with E-state index in [1.807, 2.05) is 0 Å². The van der Waals surface area contributed by atoms with Crippen molar-refractivity contribution >= 4 is 5.97 Å². The Labute approximate surface area is 108 Å². The van der Waals surface area contributed by atoms with Gasteiger partial charge in [-0.15, -0.1) is 0 Å². The Morgan fingerprint density at radius 1 is 1.37 bits per heavy atom. The minimum absolute atomic E-state index is 0.0635. The molecule has 0 aliphatic carbocycles. The Hall–Kier alpha value is -1.56. The Morgan fingerprint density at radius 3 is 2.63 bits per heavy atom. The molecule has 2 rings (SSSR count). The number of hydrogen-bond donors (Lipinski definition) is 1. The van der Waals surface area contributed by atoms with Gasteiger partial charge in [0.2, 0.25) is 0 Å². The highest BCUT2D eigenvalue weighted by molar-refractivity contribution is 5.69. The third kappa shape index (κ3) is 3.26. The highest BCUT2D eigenvalue weighted by atomic mass is 19.4. The van der Waals surface area contributed by atoms with Gasteiger partial charge in [-0.1, -0.05) is 18.2 Å². The predicted octanol–water partition coefficient (Wildman–Crippen LogP) is -0.0503. The van der Waals surface area contributed by atoms with Crippen molar-refractivity contribution in [1.82, 2.24) is 0 Å². The molecule has 1 aliphatic rings. The fourth-order valence-corrected chi connectivity index (χ4v) is 2.55. The van der Waals surface area contributed by atoms with Gasteiger partial charge in [0.05, 0.1) is 18.1 Å². The average Bonchev–Trinajstić information content (AvgIpc) is 2.77. The third-order valence-corrected chi connectivity index (χ3v) is 3.48. The van der Waals surface area contributed by atoms with Gasteiger partial charge in [0, 0.05) is 12.3 Å². The molecule has 0 radical (unpaired) electrons. The first-order valence-corrected chi connectivity index (χ1v) is 6.07. The molecule has 1 aliphatic heterocycles. The van der Waals surface area contributed by atoms with Crippen LogP contribution in [0.2, 0.25) is 0 Å². The normalized spacial score (nSPS) is 23.5. The van der Waals surface area contributed by atoms with Crippen molar-refractivity contribution in [2.75, 3.05) is 6.54 Å². The SMILES string of the molecule is O=C([O-])[C@@H]1C[C@@H](Cc2ccccc2C(F)(F)F)C[NH2+]1. The summed E-state index contributed by atoms with van der Waals surface area (Å²) in [7, 11) is 0. The maximum Gasteiger partial charge on any atom is 0.416 e. The Bertz CT molecular complexity index is 473. The van der Waals surface area contributed by atoms with Gasteiger partial charge in [0.15, 0.2) is 0 Å². The van der Waals surface area contributed by atoms with Crippen molar-refractivity contribution in [2.45, 2.75) is 25.1 Å². The summed E-state index contributed by atoms with van der Waals surface area (Å²) in [6, 6.07) is 4.80. The zero-order valence-corrected chi connectivity index (χ0v) is 10.1. The van der Waals surface area contributed by atoms with Crippen LogP contribution in [-0.4, -0.2) is 18.6 Å². The van der Waals surface area contributed by atoms with E-state index < -0.39 is 23.8 Å². The maximum absolute atomic E-state index is 12.8. The van der Waals surface area contributed by atoms with Crippen LogP contribution in [0.1, 0.15) is 17.5 Å². The van der Waals surface area contributed by atoms with Crippen LogP contribution < -0.4 is 10.4 Å². The van der Waals surface area contributed by atoms with Gasteiger partial charge in [0.1, 0.15) is 6.04 Å². The second kappa shape index (κ2) is 5.21. The van der Waals surface area contributed by atoms with Gasteiger partial charge in [-0.25, -0.2) is 0 Å². The molecular formula is C13H14F3NO2. The molecule has 2 N–H and O–H groups in total. The first kappa shape index (κ1) is 13.9. The van der Waals surface area contributed by atoms with Crippen LogP contribution in [0.25, 0.3) is 0 Å². The van der Waals surface area contributed by atoms with E-state index in [2.05, 4.69) is 0 Å². The highest BCUT2D eigenvalue weighted by Crippen LogP contribution is 2.33. The predicted molar refractivity (Wildman–Crippen MR) is 58.8 cm³/mol. The second-order valence-electron chi connectivity index (χ2n) is 4.86. The Morgan fingerprint density at radius 2 is 2.05 bits per heavy atom. The molecular weight excluding hydrogens is 259 g/mol. The summed E-state index contributed by atoms with van der Waals surface area (Å²) < 4.78 is 38.4. The van der Waals surface area contributed by atoms with Crippen LogP contribution in [0.4, 0.5) is 13.2 Å². The molecule has 0 bridgehead atoms. The molecule has 0 saturated carbocycles. The molecule has 1 aromatic rings. The number of quaternary nitrogens is 1. The van der Waals surface area contributed by atoms with Crippen molar-refractivity contribution in [3.05, 3.63) is 35.4 Å². The fourth-order valence-electron chi connectivity index (χ4n) is 2.55. The molecule has 1 fully saturated rings. The van der Waals surface area contributed by atoms with Crippen molar-refractivity contribution in [3.63, 3.8) is 0 Å². The number of carboxylic acids is 1. The smallest absolute Gasteiger partial charge is 0.416 e. The molecule has 0 unspecified atom stereocenters. The lowest BCUT2D eigenvalue weighted by Crippen LogP contribution is -2.90. The molecule has 1 heterocycles. The highest BCUT2D eigenvalue weighted by Gasteiger charge is 2.35. The Balaban J connectivity index is 2.11. The van der Waals surface area contributed by atoms with Crippen LogP contribution in [0, 0.1) is 5.92 Å². The van der Waals surface area contributed by atoms with Crippen LogP contribution >= 0.6 is 0 Å². The van der Waals surface area contributed by atoms with E-state index in [0.717, 1.165) is 6.07 Å². The van der Waals surface area contributed by atoms with E-state index in [1.54, 1.807) is 11.4 Å². The van der Waals surface area contributed by atoms with Crippen molar-refractivity contribution < 1.29 is 28.4 Å². The van der Waals surface area contributed by atoms with E-state index in [0.29, 0.717) is 13.0 Å². The molecule has 0 spiro atoms. The summed E-state index contributed by atoms with van der Waals surface area (Å²) in [6.07, 6.45) is -3.77. The summed E-state index contributed by atoms with van der Waals surface area (Å²) >= 11 is 0. The van der Waals surface area contributed by atoms with Gasteiger partial charge in [-0.3, -0.25) is 0 Å². The monoisotopic (exact) mass is 273 g/mol. The number of nitrogens with two attached hydrogens (primary N) is 1. The Kier molecular flexibility index (Phi) is 3.80. The number of carboxylic acid groups (broad SMARTS) is 1. The minimum atomic E-state index is -4.37. The third-order valence-electron chi connectivity index (χ3n) is 3.48. The van der Waals surface area contributed by atoms with Gasteiger partial charge >= 0.3 is 6.18 Å². The lowest BCUT2D eigenvalue weighted by Gasteiger charge is -2.14. The number of hydrogen-bond acceptors (Lipinski definition) is 2. The standard InChI is InChI=1S/C13H14F3NO2/c14-13(15,16)10-4-2-1-3-9(10)5-8-6-11(12(18)19)17-7-8/h1-4,8,11,17H,5-7H2,(H,18,19)/t8-,11+/m1/s1. The molecule has 0 amide bonds. The summed E-state index contributed by atoms with van der Waals surface area (Å²) in [5.41, 5.74) is -0.403. The lowest BCUT2D eigenvalue weighted by atomic mass is 9.93. The van der Waals surface area contributed by atoms with Gasteiger partial charge in [-0.05, 0) is 18.1 Å². The van der Waals surface area contributed by atoms with E-state index >= 15 is 0 Å². The van der Waals surface area contributed by atoms with Gasteiger partial charge in [0.25, 0.3) is 0 Å². The van der Waals surface area contributed by atoms with Crippen LogP contribution in [0.15, 0.2) is 24.3 Å². The van der Waals surface area contributed by atoms with E-state index in [9.17, 15) is 23.1 Å². The number of rotatable bonds is 3. The summed E-state index contributed by atoms with van der Waals surface area (Å²) in [6.45, 7) is 0.519. The quantitative estimate of drug-likeness (QED) is 0.839. The van der Waals surface area contributed by atoms with Crippen LogP contribution in [0.5, 0.6) is 0 Å². The van der Waals surface area contributed by atoms with E-state index in [1.165, 1.54) is 12.1 Å². The number of aliphatic carboxylic acids is 1. The molecule has 3 nitrogen and oxygen atoms in total. The van der Waals surface area contributed by atoms with Crippen molar-refractivity contribution in [3.8, 4) is 0 Å². The summed E-state index contributed by atoms with van der Waals surface area (Å²) in [5.74, 6) is -1.21. The first-order chi connectivity index (χ1) is 8.88.